The molecule has 0 radical (unpaired) electrons. The maximum atomic E-state index is 16.7. The van der Waals surface area contributed by atoms with Crippen molar-refractivity contribution in [3.63, 3.8) is 0 Å². The van der Waals surface area contributed by atoms with Crippen LogP contribution >= 0.6 is 11.6 Å². The van der Waals surface area contributed by atoms with E-state index in [1.54, 1.807) is 27.7 Å². The zero-order chi connectivity index (χ0) is 36.3. The number of alkyl halides is 2. The van der Waals surface area contributed by atoms with Crippen molar-refractivity contribution in [2.45, 2.75) is 126 Å². The number of rotatable bonds is 12. The van der Waals surface area contributed by atoms with Crippen LogP contribution in [0.3, 0.4) is 0 Å². The van der Waals surface area contributed by atoms with E-state index in [0.717, 1.165) is 37.8 Å². The Labute approximate surface area is 298 Å². The van der Waals surface area contributed by atoms with Gasteiger partial charge in [-0.2, -0.15) is 13.5 Å². The largest absolute Gasteiger partial charge is 0.493 e. The van der Waals surface area contributed by atoms with E-state index in [-0.39, 0.29) is 28.3 Å². The summed E-state index contributed by atoms with van der Waals surface area (Å²) in [6, 6.07) is 5.04. The highest BCUT2D eigenvalue weighted by molar-refractivity contribution is 7.89. The zero-order valence-corrected chi connectivity index (χ0v) is 30.6. The number of nitrogens with zero attached hydrogens (tertiary/aromatic N) is 1. The molecule has 0 aromatic heterocycles. The first-order valence-electron chi connectivity index (χ1n) is 17.4. The van der Waals surface area contributed by atoms with Crippen LogP contribution in [0.25, 0.3) is 0 Å². The summed E-state index contributed by atoms with van der Waals surface area (Å²) in [5.74, 6) is -4.18. The Morgan fingerprint density at radius 2 is 1.60 bits per heavy atom. The van der Waals surface area contributed by atoms with Gasteiger partial charge < -0.3 is 24.4 Å². The van der Waals surface area contributed by atoms with E-state index in [1.165, 1.54) is 41.7 Å². The van der Waals surface area contributed by atoms with Crippen molar-refractivity contribution < 1.29 is 41.0 Å². The van der Waals surface area contributed by atoms with Crippen LogP contribution in [0.5, 0.6) is 11.5 Å². The third-order valence-electron chi connectivity index (χ3n) is 9.55. The standard InChI is InChI=1S/C36H48ClF2N3O7S/c1-5-47-31-19-24(11-18-30(31)37)36(38,39)32(33(43)42-26-12-13-27(42)21-25(20-26)40-34(44)49-35(2,3)4)41-50(45,46)29-16-14-28(15-17-29)48-22-23-9-7-6-8-10-23/h11,14-19,23,25-27,32,41H,5-10,12-13,20-22H2,1-4H3,(H,40,44). The number of sulfonamides is 1. The molecule has 2 saturated heterocycles. The van der Waals surface area contributed by atoms with Crippen molar-refractivity contribution in [3.8, 4) is 11.5 Å². The van der Waals surface area contributed by atoms with Gasteiger partial charge >= 0.3 is 6.09 Å². The predicted molar refractivity (Wildman–Crippen MR) is 185 cm³/mol. The Hall–Kier alpha value is -3.16. The quantitative estimate of drug-likeness (QED) is 0.236. The number of hydrogen-bond acceptors (Lipinski definition) is 7. The monoisotopic (exact) mass is 739 g/mol. The fourth-order valence-electron chi connectivity index (χ4n) is 7.21. The van der Waals surface area contributed by atoms with Gasteiger partial charge in [-0.25, -0.2) is 13.2 Å². The molecule has 1 aliphatic carbocycles. The van der Waals surface area contributed by atoms with Gasteiger partial charge in [0.25, 0.3) is 5.92 Å². The Kier molecular flexibility index (Phi) is 11.9. The molecule has 3 aliphatic rings. The second-order valence-electron chi connectivity index (χ2n) is 14.5. The number of carbonyl (C=O) groups excluding carboxylic acids is 2. The molecule has 2 aromatic carbocycles. The number of amides is 2. The van der Waals surface area contributed by atoms with Crippen LogP contribution in [0.15, 0.2) is 47.4 Å². The molecule has 2 aliphatic heterocycles. The van der Waals surface area contributed by atoms with Crippen LogP contribution in [0.4, 0.5) is 13.6 Å². The number of nitrogens with one attached hydrogen (secondary N) is 2. The zero-order valence-electron chi connectivity index (χ0n) is 29.1. The fourth-order valence-corrected chi connectivity index (χ4v) is 8.57. The van der Waals surface area contributed by atoms with Crippen LogP contribution in [0.1, 0.15) is 91.0 Å². The van der Waals surface area contributed by atoms with Gasteiger partial charge in [0.15, 0.2) is 6.04 Å². The average Bonchev–Trinajstić information content (AvgIpc) is 3.33. The van der Waals surface area contributed by atoms with Crippen LogP contribution in [0.2, 0.25) is 5.02 Å². The molecule has 50 heavy (non-hydrogen) atoms. The number of alkyl carbamates (subject to hydrolysis) is 1. The molecule has 2 amide bonds. The Morgan fingerprint density at radius 1 is 0.960 bits per heavy atom. The molecule has 0 spiro atoms. The second-order valence-corrected chi connectivity index (χ2v) is 16.6. The van der Waals surface area contributed by atoms with E-state index in [0.29, 0.717) is 44.0 Å². The first-order valence-corrected chi connectivity index (χ1v) is 19.3. The minimum Gasteiger partial charge on any atom is -0.493 e. The van der Waals surface area contributed by atoms with Gasteiger partial charge in [0, 0.05) is 23.7 Å². The lowest BCUT2D eigenvalue weighted by molar-refractivity contribution is -0.149. The number of fused-ring (bicyclic) bond motifs is 2. The molecule has 1 saturated carbocycles. The van der Waals surface area contributed by atoms with Gasteiger partial charge in [-0.05, 0) is 109 Å². The van der Waals surface area contributed by atoms with Crippen LogP contribution < -0.4 is 19.5 Å². The lowest BCUT2D eigenvalue weighted by atomic mass is 9.90. The summed E-state index contributed by atoms with van der Waals surface area (Å²) in [4.78, 5) is 27.9. The summed E-state index contributed by atoms with van der Waals surface area (Å²) in [7, 11) is -4.64. The summed E-state index contributed by atoms with van der Waals surface area (Å²) < 4.78 is 79.7. The van der Waals surface area contributed by atoms with Crippen LogP contribution in [-0.2, 0) is 25.5 Å². The van der Waals surface area contributed by atoms with Crippen LogP contribution in [0, 0.1) is 5.92 Å². The van der Waals surface area contributed by atoms with Gasteiger partial charge in [0.2, 0.25) is 15.9 Å². The molecule has 14 heteroatoms. The van der Waals surface area contributed by atoms with E-state index in [1.807, 2.05) is 0 Å². The maximum Gasteiger partial charge on any atom is 0.407 e. The SMILES string of the molecule is CCOc1cc(C(F)(F)C(NS(=O)(=O)c2ccc(OCC3CCCCC3)cc2)C(=O)N2C3CCC2CC(NC(=O)OC(C)(C)C)C3)ccc1Cl. The first-order chi connectivity index (χ1) is 23.6. The van der Waals surface area contributed by atoms with E-state index in [2.05, 4.69) is 10.0 Å². The molecular weight excluding hydrogens is 692 g/mol. The predicted octanol–water partition coefficient (Wildman–Crippen LogP) is 7.18. The molecule has 3 fully saturated rings. The molecule has 276 valence electrons. The molecule has 2 aromatic rings. The van der Waals surface area contributed by atoms with Gasteiger partial charge in [-0.1, -0.05) is 36.9 Å². The molecule has 5 rings (SSSR count). The highest BCUT2D eigenvalue weighted by Crippen LogP contribution is 2.42. The minimum absolute atomic E-state index is 0.0154. The van der Waals surface area contributed by atoms with Gasteiger partial charge in [0.1, 0.15) is 17.1 Å². The fraction of sp³-hybridized carbons (Fsp3) is 0.611. The van der Waals surface area contributed by atoms with Crippen molar-refractivity contribution in [2.75, 3.05) is 13.2 Å². The van der Waals surface area contributed by atoms with Crippen molar-refractivity contribution in [1.82, 2.24) is 14.9 Å². The smallest absolute Gasteiger partial charge is 0.407 e. The lowest BCUT2D eigenvalue weighted by Crippen LogP contribution is -2.61. The summed E-state index contributed by atoms with van der Waals surface area (Å²) in [5.41, 5.74) is -1.34. The van der Waals surface area contributed by atoms with Crippen molar-refractivity contribution in [1.29, 1.82) is 0 Å². The number of benzene rings is 2. The molecule has 3 unspecified atom stereocenters. The van der Waals surface area contributed by atoms with Crippen LogP contribution in [-0.4, -0.2) is 68.3 Å². The number of piperidine rings is 1. The molecule has 2 heterocycles. The lowest BCUT2D eigenvalue weighted by Gasteiger charge is -2.42. The highest BCUT2D eigenvalue weighted by Gasteiger charge is 2.54. The van der Waals surface area contributed by atoms with Gasteiger partial charge in [-0.15, -0.1) is 0 Å². The number of halogens is 3. The molecule has 10 nitrogen and oxygen atoms in total. The number of carbonyl (C=O) groups is 2. The Bertz CT molecular complexity index is 1600. The van der Waals surface area contributed by atoms with E-state index in [4.69, 9.17) is 25.8 Å². The number of ether oxygens (including phenoxy) is 3. The van der Waals surface area contributed by atoms with Gasteiger partial charge in [-0.3, -0.25) is 4.79 Å². The van der Waals surface area contributed by atoms with Crippen molar-refractivity contribution >= 4 is 33.6 Å². The Balaban J connectivity index is 1.39. The third kappa shape index (κ3) is 9.19. The van der Waals surface area contributed by atoms with E-state index < -0.39 is 57.2 Å². The first kappa shape index (κ1) is 38.1. The Morgan fingerprint density at radius 3 is 2.20 bits per heavy atom. The minimum atomic E-state index is -4.64. The normalized spacial score (nSPS) is 22.1. The molecule has 2 N–H and O–H groups in total. The molecule has 3 atom stereocenters. The average molecular weight is 740 g/mol. The third-order valence-corrected chi connectivity index (χ3v) is 11.3. The van der Waals surface area contributed by atoms with Crippen molar-refractivity contribution in [3.05, 3.63) is 53.1 Å². The maximum absolute atomic E-state index is 16.7. The highest BCUT2D eigenvalue weighted by atomic mass is 35.5. The van der Waals surface area contributed by atoms with E-state index in [9.17, 15) is 18.0 Å². The summed E-state index contributed by atoms with van der Waals surface area (Å²) in [5, 5.41) is 2.94. The molecule has 2 bridgehead atoms. The second kappa shape index (κ2) is 15.6. The topological polar surface area (TPSA) is 123 Å². The van der Waals surface area contributed by atoms with Crippen molar-refractivity contribution in [2.24, 2.45) is 5.92 Å². The van der Waals surface area contributed by atoms with Gasteiger partial charge in [0.05, 0.1) is 23.1 Å². The number of hydrogen-bond donors (Lipinski definition) is 2. The summed E-state index contributed by atoms with van der Waals surface area (Å²) in [6.45, 7) is 7.58. The summed E-state index contributed by atoms with van der Waals surface area (Å²) >= 11 is 6.18. The molecular formula is C36H48ClF2N3O7S. The summed E-state index contributed by atoms with van der Waals surface area (Å²) in [6.07, 6.45) is 6.76. The van der Waals surface area contributed by atoms with E-state index >= 15 is 8.78 Å².